The standard InChI is InChI=1S/C12H14ClN3S/c1-16-9-12(8-15-16)17-6-5-14-11-4-2-3-10(13)7-11/h2-4,7-9,14H,5-6H2,1H3. The first-order valence-electron chi connectivity index (χ1n) is 5.35. The zero-order valence-electron chi connectivity index (χ0n) is 9.56. The van der Waals surface area contributed by atoms with Gasteiger partial charge in [-0.2, -0.15) is 5.10 Å². The molecule has 5 heteroatoms. The molecule has 0 aliphatic carbocycles. The molecule has 3 nitrogen and oxygen atoms in total. The topological polar surface area (TPSA) is 29.9 Å². The maximum Gasteiger partial charge on any atom is 0.0625 e. The predicted molar refractivity (Wildman–Crippen MR) is 73.9 cm³/mol. The van der Waals surface area contributed by atoms with Gasteiger partial charge in [0, 0.05) is 41.1 Å². The lowest BCUT2D eigenvalue weighted by Gasteiger charge is -2.05. The van der Waals surface area contributed by atoms with Gasteiger partial charge in [-0.1, -0.05) is 17.7 Å². The number of rotatable bonds is 5. The maximum atomic E-state index is 5.90. The molecule has 0 aliphatic rings. The third-order valence-corrected chi connectivity index (χ3v) is 3.39. The van der Waals surface area contributed by atoms with Gasteiger partial charge in [0.05, 0.1) is 6.20 Å². The number of aromatic nitrogens is 2. The number of nitrogens with zero attached hydrogens (tertiary/aromatic N) is 2. The lowest BCUT2D eigenvalue weighted by molar-refractivity contribution is 0.766. The van der Waals surface area contributed by atoms with E-state index in [1.807, 2.05) is 48.4 Å². The number of halogens is 1. The van der Waals surface area contributed by atoms with Gasteiger partial charge in [0.2, 0.25) is 0 Å². The van der Waals surface area contributed by atoms with E-state index in [0.29, 0.717) is 0 Å². The lowest BCUT2D eigenvalue weighted by Crippen LogP contribution is -2.03. The Balaban J connectivity index is 1.73. The Morgan fingerprint density at radius 1 is 1.47 bits per heavy atom. The first-order chi connectivity index (χ1) is 8.24. The highest BCUT2D eigenvalue weighted by Gasteiger charge is 1.97. The summed E-state index contributed by atoms with van der Waals surface area (Å²) in [6, 6.07) is 7.76. The Bertz CT molecular complexity index is 484. The minimum atomic E-state index is 0.759. The van der Waals surface area contributed by atoms with E-state index in [9.17, 15) is 0 Å². The van der Waals surface area contributed by atoms with Gasteiger partial charge in [0.25, 0.3) is 0 Å². The van der Waals surface area contributed by atoms with Gasteiger partial charge in [0.15, 0.2) is 0 Å². The molecule has 0 amide bonds. The molecule has 0 unspecified atom stereocenters. The molecule has 0 spiro atoms. The molecule has 1 heterocycles. The Morgan fingerprint density at radius 3 is 3.06 bits per heavy atom. The van der Waals surface area contributed by atoms with Gasteiger partial charge in [0.1, 0.15) is 0 Å². The van der Waals surface area contributed by atoms with E-state index in [0.717, 1.165) is 23.0 Å². The number of hydrogen-bond donors (Lipinski definition) is 1. The molecule has 17 heavy (non-hydrogen) atoms. The Labute approximate surface area is 110 Å². The first kappa shape index (κ1) is 12.3. The van der Waals surface area contributed by atoms with E-state index in [-0.39, 0.29) is 0 Å². The first-order valence-corrected chi connectivity index (χ1v) is 6.71. The van der Waals surface area contributed by atoms with E-state index in [1.165, 1.54) is 4.90 Å². The summed E-state index contributed by atoms with van der Waals surface area (Å²) in [6.07, 6.45) is 3.90. The Morgan fingerprint density at radius 2 is 2.35 bits per heavy atom. The van der Waals surface area contributed by atoms with Crippen molar-refractivity contribution in [2.24, 2.45) is 7.05 Å². The number of anilines is 1. The molecule has 2 rings (SSSR count). The van der Waals surface area contributed by atoms with Crippen LogP contribution in [0.15, 0.2) is 41.6 Å². The SMILES string of the molecule is Cn1cc(SCCNc2cccc(Cl)c2)cn1. The molecule has 1 aromatic carbocycles. The van der Waals surface area contributed by atoms with Crippen LogP contribution < -0.4 is 5.32 Å². The molecule has 0 fully saturated rings. The molecule has 1 N–H and O–H groups in total. The van der Waals surface area contributed by atoms with E-state index in [2.05, 4.69) is 10.4 Å². The molecule has 90 valence electrons. The molecule has 0 saturated carbocycles. The van der Waals surface area contributed by atoms with Gasteiger partial charge in [-0.15, -0.1) is 11.8 Å². The summed E-state index contributed by atoms with van der Waals surface area (Å²) in [7, 11) is 1.92. The van der Waals surface area contributed by atoms with Crippen LogP contribution in [0.4, 0.5) is 5.69 Å². The quantitative estimate of drug-likeness (QED) is 0.666. The van der Waals surface area contributed by atoms with Crippen LogP contribution in [0.3, 0.4) is 0 Å². The predicted octanol–water partition coefficient (Wildman–Crippen LogP) is 3.28. The number of aryl methyl sites for hydroxylation is 1. The van der Waals surface area contributed by atoms with Gasteiger partial charge >= 0.3 is 0 Å². The third-order valence-electron chi connectivity index (χ3n) is 2.21. The fraction of sp³-hybridized carbons (Fsp3) is 0.250. The van der Waals surface area contributed by atoms with Crippen LogP contribution in [0.25, 0.3) is 0 Å². The van der Waals surface area contributed by atoms with E-state index >= 15 is 0 Å². The van der Waals surface area contributed by atoms with Gasteiger partial charge in [-0.3, -0.25) is 4.68 Å². The molecule has 0 aliphatic heterocycles. The second-order valence-corrected chi connectivity index (χ2v) is 5.24. The van der Waals surface area contributed by atoms with Crippen molar-refractivity contribution < 1.29 is 0 Å². The Kier molecular flexibility index (Phi) is 4.34. The van der Waals surface area contributed by atoms with Crippen molar-refractivity contribution >= 4 is 29.1 Å². The maximum absolute atomic E-state index is 5.90. The van der Waals surface area contributed by atoms with Crippen LogP contribution >= 0.6 is 23.4 Å². The van der Waals surface area contributed by atoms with Crippen LogP contribution in [0.1, 0.15) is 0 Å². The third kappa shape index (κ3) is 3.98. The van der Waals surface area contributed by atoms with E-state index in [1.54, 1.807) is 11.8 Å². The smallest absolute Gasteiger partial charge is 0.0625 e. The summed E-state index contributed by atoms with van der Waals surface area (Å²) in [5.41, 5.74) is 1.06. The zero-order chi connectivity index (χ0) is 12.1. The second-order valence-electron chi connectivity index (χ2n) is 3.64. The number of nitrogens with one attached hydrogen (secondary N) is 1. The Hall–Kier alpha value is -1.13. The fourth-order valence-electron chi connectivity index (χ4n) is 1.44. The lowest BCUT2D eigenvalue weighted by atomic mass is 10.3. The molecular formula is C12H14ClN3S. The van der Waals surface area contributed by atoms with Crippen LogP contribution in [0, 0.1) is 0 Å². The van der Waals surface area contributed by atoms with Crippen molar-refractivity contribution in [1.29, 1.82) is 0 Å². The summed E-state index contributed by atoms with van der Waals surface area (Å²) in [4.78, 5) is 1.19. The average Bonchev–Trinajstić information content (AvgIpc) is 2.71. The minimum Gasteiger partial charge on any atom is -0.384 e. The van der Waals surface area contributed by atoms with Gasteiger partial charge in [-0.25, -0.2) is 0 Å². The fourth-order valence-corrected chi connectivity index (χ4v) is 2.41. The van der Waals surface area contributed by atoms with Crippen molar-refractivity contribution in [3.05, 3.63) is 41.7 Å². The number of hydrogen-bond acceptors (Lipinski definition) is 3. The van der Waals surface area contributed by atoms with Crippen molar-refractivity contribution in [1.82, 2.24) is 9.78 Å². The molecule has 2 aromatic rings. The summed E-state index contributed by atoms with van der Waals surface area (Å²) >= 11 is 7.69. The van der Waals surface area contributed by atoms with Crippen LogP contribution in [0.5, 0.6) is 0 Å². The second kappa shape index (κ2) is 5.98. The highest BCUT2D eigenvalue weighted by Crippen LogP contribution is 2.17. The van der Waals surface area contributed by atoms with E-state index < -0.39 is 0 Å². The monoisotopic (exact) mass is 267 g/mol. The molecule has 0 atom stereocenters. The van der Waals surface area contributed by atoms with Crippen molar-refractivity contribution in [3.63, 3.8) is 0 Å². The van der Waals surface area contributed by atoms with Crippen LogP contribution in [-0.2, 0) is 7.05 Å². The molecule has 0 radical (unpaired) electrons. The largest absolute Gasteiger partial charge is 0.384 e. The van der Waals surface area contributed by atoms with E-state index in [4.69, 9.17) is 11.6 Å². The highest BCUT2D eigenvalue weighted by molar-refractivity contribution is 7.99. The normalized spacial score (nSPS) is 10.5. The summed E-state index contributed by atoms with van der Waals surface area (Å²) in [5, 5.41) is 8.21. The van der Waals surface area contributed by atoms with Gasteiger partial charge in [-0.05, 0) is 18.2 Å². The summed E-state index contributed by atoms with van der Waals surface area (Å²) in [5.74, 6) is 0.998. The van der Waals surface area contributed by atoms with Crippen molar-refractivity contribution in [2.75, 3.05) is 17.6 Å². The number of thioether (sulfide) groups is 1. The summed E-state index contributed by atoms with van der Waals surface area (Å²) < 4.78 is 1.81. The van der Waals surface area contributed by atoms with Crippen molar-refractivity contribution in [3.8, 4) is 0 Å². The average molecular weight is 268 g/mol. The van der Waals surface area contributed by atoms with Crippen molar-refractivity contribution in [2.45, 2.75) is 4.90 Å². The highest BCUT2D eigenvalue weighted by atomic mass is 35.5. The van der Waals surface area contributed by atoms with Gasteiger partial charge < -0.3 is 5.32 Å². The number of benzene rings is 1. The molecule has 0 saturated heterocycles. The minimum absolute atomic E-state index is 0.759. The molecule has 1 aromatic heterocycles. The molecule has 0 bridgehead atoms. The van der Waals surface area contributed by atoms with Crippen LogP contribution in [-0.4, -0.2) is 22.1 Å². The molecular weight excluding hydrogens is 254 g/mol. The summed E-state index contributed by atoms with van der Waals surface area (Å²) in [6.45, 7) is 0.903. The zero-order valence-corrected chi connectivity index (χ0v) is 11.1. The van der Waals surface area contributed by atoms with Crippen LogP contribution in [0.2, 0.25) is 5.02 Å².